The molecule has 2 aromatic rings. The van der Waals surface area contributed by atoms with Crippen LogP contribution in [0.1, 0.15) is 15.9 Å². The van der Waals surface area contributed by atoms with Gasteiger partial charge in [-0.15, -0.1) is 0 Å². The van der Waals surface area contributed by atoms with Crippen LogP contribution < -0.4 is 9.47 Å². The lowest BCUT2D eigenvalue weighted by molar-refractivity contribution is -0.121. The number of carbonyl (C=O) groups is 2. The lowest BCUT2D eigenvalue weighted by Crippen LogP contribution is -2.23. The van der Waals surface area contributed by atoms with E-state index in [1.54, 1.807) is 45.5 Å². The van der Waals surface area contributed by atoms with Gasteiger partial charge in [-0.25, -0.2) is 9.79 Å². The third-order valence-corrected chi connectivity index (χ3v) is 5.94. The maximum Gasteiger partial charge on any atom is 0.335 e. The minimum absolute atomic E-state index is 0.138. The molecule has 0 radical (unpaired) electrons. The largest absolute Gasteiger partial charge is 0.493 e. The summed E-state index contributed by atoms with van der Waals surface area (Å²) in [6, 6.07) is 9.96. The fourth-order valence-corrected chi connectivity index (χ4v) is 4.48. The summed E-state index contributed by atoms with van der Waals surface area (Å²) in [5.74, 6) is -0.000103. The number of halogens is 1. The van der Waals surface area contributed by atoms with Crippen LogP contribution in [0, 0.1) is 3.57 Å². The smallest absolute Gasteiger partial charge is 0.335 e. The summed E-state index contributed by atoms with van der Waals surface area (Å²) < 4.78 is 11.6. The van der Waals surface area contributed by atoms with Crippen LogP contribution in [-0.4, -0.2) is 48.3 Å². The standard InChI is InChI=1S/C20H17IN2O5S/c1-23-18(24)16(9-11-7-14(21)17(28-3)15(8-11)27-2)29-20(23)22-13-6-4-5-12(10-13)19(25)26/h4-10H,1-3H3,(H,25,26)/b16-9+,22-20?. The van der Waals surface area contributed by atoms with Gasteiger partial charge in [-0.3, -0.25) is 9.69 Å². The number of carbonyl (C=O) groups excluding carboxylic acids is 1. The van der Waals surface area contributed by atoms with Gasteiger partial charge >= 0.3 is 5.97 Å². The molecule has 0 aromatic heterocycles. The van der Waals surface area contributed by atoms with Crippen LogP contribution in [0.15, 0.2) is 46.3 Å². The Balaban J connectivity index is 1.94. The van der Waals surface area contributed by atoms with Gasteiger partial charge in [0.05, 0.1) is 33.9 Å². The lowest BCUT2D eigenvalue weighted by atomic mass is 10.2. The first-order valence-corrected chi connectivity index (χ1v) is 10.2. The molecule has 1 saturated heterocycles. The summed E-state index contributed by atoms with van der Waals surface area (Å²) in [5, 5.41) is 9.60. The van der Waals surface area contributed by atoms with Crippen molar-refractivity contribution in [2.75, 3.05) is 21.3 Å². The number of amidine groups is 1. The predicted molar refractivity (Wildman–Crippen MR) is 121 cm³/mol. The second kappa shape index (κ2) is 8.87. The van der Waals surface area contributed by atoms with Crippen molar-refractivity contribution in [1.82, 2.24) is 4.90 Å². The van der Waals surface area contributed by atoms with Gasteiger partial charge in [0.2, 0.25) is 0 Å². The number of methoxy groups -OCH3 is 2. The second-order valence-corrected chi connectivity index (χ2v) is 8.13. The number of ether oxygens (including phenoxy) is 2. The molecule has 0 spiro atoms. The molecule has 1 N–H and O–H groups in total. The zero-order chi connectivity index (χ0) is 21.1. The van der Waals surface area contributed by atoms with E-state index < -0.39 is 5.97 Å². The number of aromatic carboxylic acids is 1. The van der Waals surface area contributed by atoms with Gasteiger partial charge in [-0.2, -0.15) is 0 Å². The Bertz CT molecular complexity index is 1050. The number of hydrogen-bond acceptors (Lipinski definition) is 6. The highest BCUT2D eigenvalue weighted by Crippen LogP contribution is 2.37. The van der Waals surface area contributed by atoms with Crippen LogP contribution in [-0.2, 0) is 4.79 Å². The fraction of sp³-hybridized carbons (Fsp3) is 0.150. The minimum atomic E-state index is -1.03. The molecule has 1 aliphatic heterocycles. The van der Waals surface area contributed by atoms with Crippen LogP contribution in [0.4, 0.5) is 5.69 Å². The number of aliphatic imine (C=N–C) groups is 1. The molecule has 1 amide bonds. The van der Waals surface area contributed by atoms with Crippen LogP contribution in [0.25, 0.3) is 6.08 Å². The van der Waals surface area contributed by atoms with Crippen LogP contribution in [0.2, 0.25) is 0 Å². The molecule has 1 heterocycles. The van der Waals surface area contributed by atoms with Crippen molar-refractivity contribution >= 4 is 63.2 Å². The lowest BCUT2D eigenvalue weighted by Gasteiger charge is -2.10. The van der Waals surface area contributed by atoms with Crippen molar-refractivity contribution in [3.8, 4) is 11.5 Å². The van der Waals surface area contributed by atoms with Gasteiger partial charge in [-0.05, 0) is 76.3 Å². The molecule has 9 heteroatoms. The molecule has 3 rings (SSSR count). The first-order chi connectivity index (χ1) is 13.8. The molecule has 0 aliphatic carbocycles. The van der Waals surface area contributed by atoms with Crippen molar-refractivity contribution in [3.63, 3.8) is 0 Å². The first-order valence-electron chi connectivity index (χ1n) is 8.35. The predicted octanol–water partition coefficient (Wildman–Crippen LogP) is 4.24. The van der Waals surface area contributed by atoms with Crippen LogP contribution in [0.5, 0.6) is 11.5 Å². The van der Waals surface area contributed by atoms with Crippen molar-refractivity contribution in [2.45, 2.75) is 0 Å². The average molecular weight is 524 g/mol. The zero-order valence-corrected chi connectivity index (χ0v) is 18.8. The van der Waals surface area contributed by atoms with E-state index in [-0.39, 0.29) is 11.5 Å². The number of thioether (sulfide) groups is 1. The molecule has 150 valence electrons. The third-order valence-electron chi connectivity index (χ3n) is 4.08. The first kappa shape index (κ1) is 21.2. The minimum Gasteiger partial charge on any atom is -0.493 e. The van der Waals surface area contributed by atoms with E-state index >= 15 is 0 Å². The Morgan fingerprint density at radius 3 is 2.66 bits per heavy atom. The SMILES string of the molecule is COc1cc(/C=C2/SC(=Nc3cccc(C(=O)O)c3)N(C)C2=O)cc(I)c1OC. The molecule has 29 heavy (non-hydrogen) atoms. The zero-order valence-electron chi connectivity index (χ0n) is 15.8. The van der Waals surface area contributed by atoms with Crippen molar-refractivity contribution < 1.29 is 24.2 Å². The molecule has 1 aliphatic rings. The van der Waals surface area contributed by atoms with E-state index in [2.05, 4.69) is 27.6 Å². The Morgan fingerprint density at radius 2 is 2.00 bits per heavy atom. The number of likely N-dealkylation sites (N-methyl/N-ethyl adjacent to an activating group) is 1. The van der Waals surface area contributed by atoms with Gasteiger partial charge < -0.3 is 14.6 Å². The number of nitrogens with zero attached hydrogens (tertiary/aromatic N) is 2. The van der Waals surface area contributed by atoms with E-state index in [1.807, 2.05) is 6.07 Å². The van der Waals surface area contributed by atoms with E-state index in [1.165, 1.54) is 28.8 Å². The van der Waals surface area contributed by atoms with Gasteiger partial charge in [0, 0.05) is 7.05 Å². The van der Waals surface area contributed by atoms with Crippen LogP contribution in [0.3, 0.4) is 0 Å². The summed E-state index contributed by atoms with van der Waals surface area (Å²) >= 11 is 3.38. The fourth-order valence-electron chi connectivity index (χ4n) is 2.64. The number of carboxylic acid groups (broad SMARTS) is 1. The summed E-state index contributed by atoms with van der Waals surface area (Å²) in [7, 11) is 4.77. The molecule has 0 atom stereocenters. The van der Waals surface area contributed by atoms with Gasteiger partial charge in [0.1, 0.15) is 0 Å². The van der Waals surface area contributed by atoms with Crippen molar-refractivity contribution in [2.24, 2.45) is 4.99 Å². The van der Waals surface area contributed by atoms with E-state index in [0.29, 0.717) is 27.3 Å². The molecule has 0 unspecified atom stereocenters. The van der Waals surface area contributed by atoms with E-state index in [4.69, 9.17) is 14.6 Å². The number of carboxylic acids is 1. The normalized spacial score (nSPS) is 16.6. The molecular weight excluding hydrogens is 507 g/mol. The maximum absolute atomic E-state index is 12.7. The Morgan fingerprint density at radius 1 is 1.24 bits per heavy atom. The number of amides is 1. The summed E-state index contributed by atoms with van der Waals surface area (Å²) in [4.78, 5) is 30.2. The molecule has 2 aromatic carbocycles. The molecule has 7 nitrogen and oxygen atoms in total. The van der Waals surface area contributed by atoms with Crippen molar-refractivity contribution in [3.05, 3.63) is 56.0 Å². The Labute approximate surface area is 185 Å². The highest BCUT2D eigenvalue weighted by molar-refractivity contribution is 14.1. The quantitative estimate of drug-likeness (QED) is 0.465. The molecule has 1 fully saturated rings. The van der Waals surface area contributed by atoms with Gasteiger partial charge in [-0.1, -0.05) is 6.07 Å². The van der Waals surface area contributed by atoms with Gasteiger partial charge in [0.25, 0.3) is 5.91 Å². The maximum atomic E-state index is 12.7. The Kier molecular flexibility index (Phi) is 6.48. The molecule has 0 saturated carbocycles. The number of benzene rings is 2. The monoisotopic (exact) mass is 524 g/mol. The number of rotatable bonds is 5. The summed E-state index contributed by atoms with van der Waals surface area (Å²) in [6.07, 6.45) is 1.77. The summed E-state index contributed by atoms with van der Waals surface area (Å²) in [6.45, 7) is 0. The van der Waals surface area contributed by atoms with E-state index in [0.717, 1.165) is 9.13 Å². The second-order valence-electron chi connectivity index (χ2n) is 5.96. The Hall–Kier alpha value is -2.53. The molecular formula is C20H17IN2O5S. The average Bonchev–Trinajstić information content (AvgIpc) is 2.95. The molecule has 0 bridgehead atoms. The van der Waals surface area contributed by atoms with Crippen LogP contribution >= 0.6 is 34.4 Å². The highest BCUT2D eigenvalue weighted by Gasteiger charge is 2.30. The highest BCUT2D eigenvalue weighted by atomic mass is 127. The van der Waals surface area contributed by atoms with Gasteiger partial charge in [0.15, 0.2) is 16.7 Å². The third kappa shape index (κ3) is 4.56. The summed E-state index contributed by atoms with van der Waals surface area (Å²) in [5.41, 5.74) is 1.40. The number of hydrogen-bond donors (Lipinski definition) is 1. The topological polar surface area (TPSA) is 88.4 Å². The van der Waals surface area contributed by atoms with Crippen molar-refractivity contribution in [1.29, 1.82) is 0 Å². The van der Waals surface area contributed by atoms with E-state index in [9.17, 15) is 9.59 Å².